The van der Waals surface area contributed by atoms with E-state index >= 15 is 0 Å². The molecule has 1 aromatic heterocycles. The fourth-order valence-electron chi connectivity index (χ4n) is 2.47. The van der Waals surface area contributed by atoms with E-state index in [4.69, 9.17) is 18.6 Å². The Balaban J connectivity index is 2.01. The molecule has 6 nitrogen and oxygen atoms in total. The second-order valence-corrected chi connectivity index (χ2v) is 5.47. The lowest BCUT2D eigenvalue weighted by molar-refractivity contribution is 0.0510. The first kappa shape index (κ1) is 17.6. The monoisotopic (exact) mass is 354 g/mol. The van der Waals surface area contributed by atoms with Gasteiger partial charge in [0.05, 0.1) is 0 Å². The average Bonchev–Trinajstić information content (AvgIpc) is 2.64. The predicted octanol–water partition coefficient (Wildman–Crippen LogP) is 3.71. The molecule has 0 amide bonds. The summed E-state index contributed by atoms with van der Waals surface area (Å²) >= 11 is 0. The molecule has 0 atom stereocenters. The van der Waals surface area contributed by atoms with E-state index in [2.05, 4.69) is 6.58 Å². The number of hydrogen-bond donors (Lipinski definition) is 1. The highest BCUT2D eigenvalue weighted by Crippen LogP contribution is 2.31. The maximum absolute atomic E-state index is 12.4. The molecule has 1 N–H and O–H groups in total. The van der Waals surface area contributed by atoms with Crippen LogP contribution in [0, 0.1) is 0 Å². The van der Waals surface area contributed by atoms with Crippen LogP contribution in [0.4, 0.5) is 0 Å². The third-order valence-corrected chi connectivity index (χ3v) is 3.63. The molecule has 0 aliphatic heterocycles. The highest BCUT2D eigenvalue weighted by Gasteiger charge is 2.13. The van der Waals surface area contributed by atoms with Gasteiger partial charge in [0.2, 0.25) is 0 Å². The van der Waals surface area contributed by atoms with Crippen molar-refractivity contribution < 1.29 is 23.7 Å². The van der Waals surface area contributed by atoms with Gasteiger partial charge in [0, 0.05) is 30.9 Å². The van der Waals surface area contributed by atoms with Crippen LogP contribution in [0.25, 0.3) is 22.3 Å². The van der Waals surface area contributed by atoms with Gasteiger partial charge in [-0.2, -0.15) is 0 Å². The van der Waals surface area contributed by atoms with Crippen LogP contribution < -0.4 is 14.9 Å². The van der Waals surface area contributed by atoms with Gasteiger partial charge >= 0.3 is 0 Å². The van der Waals surface area contributed by atoms with Gasteiger partial charge in [-0.3, -0.25) is 4.79 Å². The van der Waals surface area contributed by atoms with Crippen molar-refractivity contribution in [2.45, 2.75) is 0 Å². The maximum Gasteiger partial charge on any atom is 0.197 e. The summed E-state index contributed by atoms with van der Waals surface area (Å²) < 4.78 is 21.4. The number of rotatable bonds is 7. The Hall–Kier alpha value is -3.25. The third kappa shape index (κ3) is 3.70. The van der Waals surface area contributed by atoms with Crippen molar-refractivity contribution in [3.8, 4) is 28.6 Å². The van der Waals surface area contributed by atoms with E-state index in [1.54, 1.807) is 36.4 Å². The molecule has 0 spiro atoms. The van der Waals surface area contributed by atoms with Crippen molar-refractivity contribution in [1.29, 1.82) is 0 Å². The summed E-state index contributed by atoms with van der Waals surface area (Å²) in [6.07, 6.45) is 1.66. The molecule has 0 saturated heterocycles. The van der Waals surface area contributed by atoms with Gasteiger partial charge in [-0.15, -0.1) is 0 Å². The molecular weight excluding hydrogens is 336 g/mol. The van der Waals surface area contributed by atoms with Gasteiger partial charge in [-0.25, -0.2) is 0 Å². The van der Waals surface area contributed by atoms with Gasteiger partial charge in [0.25, 0.3) is 0 Å². The molecule has 0 unspecified atom stereocenters. The molecule has 0 radical (unpaired) electrons. The van der Waals surface area contributed by atoms with E-state index in [0.29, 0.717) is 29.4 Å². The Bertz CT molecular complexity index is 972. The molecule has 26 heavy (non-hydrogen) atoms. The number of ether oxygens (including phenoxy) is 3. The second-order valence-electron chi connectivity index (χ2n) is 5.47. The molecular formula is C20H18O6. The number of phenolic OH excluding ortho intramolecular Hbond substituents is 1. The van der Waals surface area contributed by atoms with Crippen molar-refractivity contribution in [2.24, 2.45) is 0 Å². The van der Waals surface area contributed by atoms with Crippen molar-refractivity contribution in [3.05, 3.63) is 65.3 Å². The van der Waals surface area contributed by atoms with E-state index in [1.807, 2.05) is 0 Å². The number of phenols is 1. The van der Waals surface area contributed by atoms with Crippen LogP contribution in [0.5, 0.6) is 17.2 Å². The van der Waals surface area contributed by atoms with Crippen LogP contribution in [-0.2, 0) is 4.74 Å². The summed E-state index contributed by atoms with van der Waals surface area (Å²) in [5, 5.41) is 10.2. The van der Waals surface area contributed by atoms with Crippen molar-refractivity contribution in [2.75, 3.05) is 20.5 Å². The van der Waals surface area contributed by atoms with E-state index in [0.717, 1.165) is 0 Å². The molecule has 3 aromatic rings. The minimum Gasteiger partial charge on any atom is -0.507 e. The Morgan fingerprint density at radius 3 is 2.58 bits per heavy atom. The average molecular weight is 354 g/mol. The summed E-state index contributed by atoms with van der Waals surface area (Å²) in [5.41, 5.74) is 0.590. The molecule has 0 bridgehead atoms. The molecule has 0 aliphatic carbocycles. The van der Waals surface area contributed by atoms with Gasteiger partial charge in [-0.1, -0.05) is 12.7 Å². The summed E-state index contributed by atoms with van der Waals surface area (Å²) in [6, 6.07) is 11.4. The largest absolute Gasteiger partial charge is 0.507 e. The minimum atomic E-state index is -0.343. The molecule has 1 heterocycles. The number of fused-ring (bicyclic) bond motifs is 1. The zero-order valence-corrected chi connectivity index (χ0v) is 14.2. The summed E-state index contributed by atoms with van der Waals surface area (Å²) in [5.74, 6) is 1.19. The zero-order chi connectivity index (χ0) is 18.5. The summed E-state index contributed by atoms with van der Waals surface area (Å²) in [4.78, 5) is 12.4. The van der Waals surface area contributed by atoms with Crippen molar-refractivity contribution in [3.63, 3.8) is 0 Å². The normalized spacial score (nSPS) is 10.7. The maximum atomic E-state index is 12.4. The quantitative estimate of drug-likeness (QED) is 0.515. The lowest BCUT2D eigenvalue weighted by Crippen LogP contribution is -2.03. The first-order valence-electron chi connectivity index (χ1n) is 7.89. The van der Waals surface area contributed by atoms with Crippen molar-refractivity contribution >= 4 is 11.0 Å². The highest BCUT2D eigenvalue weighted by atomic mass is 16.7. The van der Waals surface area contributed by atoms with Gasteiger partial charge < -0.3 is 23.7 Å². The Morgan fingerprint density at radius 2 is 1.88 bits per heavy atom. The molecule has 0 fully saturated rings. The molecule has 0 aliphatic rings. The zero-order valence-electron chi connectivity index (χ0n) is 14.2. The van der Waals surface area contributed by atoms with Gasteiger partial charge in [0.1, 0.15) is 40.6 Å². The highest BCUT2D eigenvalue weighted by molar-refractivity contribution is 5.86. The SMILES string of the molecule is C=CCOc1ccc(-c2cc(=O)c3c(O)cc(OCOC)cc3o2)cc1. The number of aromatic hydroxyl groups is 1. The van der Waals surface area contributed by atoms with E-state index in [1.165, 1.54) is 19.2 Å². The fraction of sp³-hybridized carbons (Fsp3) is 0.150. The summed E-state index contributed by atoms with van der Waals surface area (Å²) in [6.45, 7) is 4.02. The molecule has 134 valence electrons. The minimum absolute atomic E-state index is 0.0149. The van der Waals surface area contributed by atoms with Gasteiger partial charge in [0.15, 0.2) is 12.2 Å². The van der Waals surface area contributed by atoms with Crippen LogP contribution in [-0.4, -0.2) is 25.6 Å². The smallest absolute Gasteiger partial charge is 0.197 e. The summed E-state index contributed by atoms with van der Waals surface area (Å²) in [7, 11) is 1.49. The Morgan fingerprint density at radius 1 is 1.12 bits per heavy atom. The number of benzene rings is 2. The lowest BCUT2D eigenvalue weighted by Gasteiger charge is -2.09. The topological polar surface area (TPSA) is 78.1 Å². The standard InChI is InChI=1S/C20H18O6/c1-3-8-24-14-6-4-13(5-7-14)18-11-17(22)20-16(21)9-15(25-12-23-2)10-19(20)26-18/h3-7,9-11,21H,1,8,12H2,2H3. The Labute approximate surface area is 149 Å². The lowest BCUT2D eigenvalue weighted by atomic mass is 10.1. The van der Waals surface area contributed by atoms with E-state index < -0.39 is 0 Å². The molecule has 2 aromatic carbocycles. The van der Waals surface area contributed by atoms with Crippen LogP contribution in [0.2, 0.25) is 0 Å². The number of methoxy groups -OCH3 is 1. The van der Waals surface area contributed by atoms with E-state index in [-0.39, 0.29) is 28.9 Å². The van der Waals surface area contributed by atoms with E-state index in [9.17, 15) is 9.90 Å². The first-order valence-corrected chi connectivity index (χ1v) is 7.89. The molecule has 3 rings (SSSR count). The predicted molar refractivity (Wildman–Crippen MR) is 97.8 cm³/mol. The van der Waals surface area contributed by atoms with Crippen LogP contribution in [0.1, 0.15) is 0 Å². The number of hydrogen-bond acceptors (Lipinski definition) is 6. The van der Waals surface area contributed by atoms with Crippen LogP contribution in [0.3, 0.4) is 0 Å². The Kier molecular flexibility index (Phi) is 5.24. The van der Waals surface area contributed by atoms with Crippen LogP contribution >= 0.6 is 0 Å². The molecule has 6 heteroatoms. The third-order valence-electron chi connectivity index (χ3n) is 3.63. The second kappa shape index (κ2) is 7.76. The molecule has 0 saturated carbocycles. The van der Waals surface area contributed by atoms with Gasteiger partial charge in [-0.05, 0) is 24.3 Å². The van der Waals surface area contributed by atoms with Crippen LogP contribution in [0.15, 0.2) is 64.3 Å². The first-order chi connectivity index (χ1) is 12.6. The van der Waals surface area contributed by atoms with Crippen molar-refractivity contribution in [1.82, 2.24) is 0 Å². The fourth-order valence-corrected chi connectivity index (χ4v) is 2.47.